The van der Waals surface area contributed by atoms with Crippen LogP contribution < -0.4 is 50.9 Å². The normalized spacial score (nSPS) is 0. The van der Waals surface area contributed by atoms with Crippen LogP contribution in [0.25, 0.3) is 0 Å². The first-order valence-electron chi connectivity index (χ1n) is 0. The Labute approximate surface area is 101 Å². The molecule has 0 aliphatic heterocycles. The van der Waals surface area contributed by atoms with Gasteiger partial charge in [-0.2, -0.15) is 0 Å². The van der Waals surface area contributed by atoms with Gasteiger partial charge in [0.05, 0.1) is 0 Å². The van der Waals surface area contributed by atoms with Gasteiger partial charge in [0.1, 0.15) is 0 Å². The molecule has 0 fully saturated rings. The molecule has 0 heterocycles. The van der Waals surface area contributed by atoms with Crippen LogP contribution in [0.1, 0.15) is 0 Å². The fourth-order valence-electron chi connectivity index (χ4n) is 0. The van der Waals surface area contributed by atoms with Crippen molar-refractivity contribution in [2.24, 2.45) is 0 Å². The molecule has 0 rings (SSSR count). The Morgan fingerprint density at radius 1 is 0.300 bits per heavy atom. The van der Waals surface area contributed by atoms with Crippen LogP contribution in [-0.4, -0.2) is 32.9 Å². The molecule has 0 bridgehead atoms. The molecule has 0 aromatic heterocycles. The fourth-order valence-corrected chi connectivity index (χ4v) is 0. The predicted molar refractivity (Wildman–Crippen MR) is 21.7 cm³/mol. The summed E-state index contributed by atoms with van der Waals surface area (Å²) in [5.74, 6) is 0. The molecule has 0 saturated carbocycles. The summed E-state index contributed by atoms with van der Waals surface area (Å²) >= 11 is 0. The number of hydrogen-bond donors (Lipinski definition) is 0. The van der Waals surface area contributed by atoms with E-state index in [2.05, 4.69) is 0 Å². The summed E-state index contributed by atoms with van der Waals surface area (Å²) in [6.45, 7) is 0. The number of hydrogen-bond acceptors (Lipinski definition) is 0. The fraction of sp³-hybridized carbons (Fsp3) is 0. The van der Waals surface area contributed by atoms with Crippen LogP contribution in [0.4, 0.5) is 0 Å². The van der Waals surface area contributed by atoms with Crippen molar-refractivity contribution in [3.05, 3.63) is 0 Å². The standard InChI is InChI=1S/3BrH.Cr.6H2O/h3*1H;;6*1H2/p-3. The molecule has 0 aromatic rings. The summed E-state index contributed by atoms with van der Waals surface area (Å²) in [5.41, 5.74) is 0. The van der Waals surface area contributed by atoms with Crippen molar-refractivity contribution >= 4 is 0 Å². The predicted octanol–water partition coefficient (Wildman–Crippen LogP) is -13.9. The summed E-state index contributed by atoms with van der Waals surface area (Å²) in [7, 11) is 0. The van der Waals surface area contributed by atoms with E-state index in [4.69, 9.17) is 0 Å². The molecule has 10 heavy (non-hydrogen) atoms. The Balaban J connectivity index is 0. The van der Waals surface area contributed by atoms with Crippen LogP contribution >= 0.6 is 0 Å². The maximum atomic E-state index is 0. The minimum atomic E-state index is 0. The second kappa shape index (κ2) is 339. The first kappa shape index (κ1) is 450. The van der Waals surface area contributed by atoms with Gasteiger partial charge < -0.3 is 83.8 Å². The molecule has 0 spiro atoms. The van der Waals surface area contributed by atoms with Gasteiger partial charge in [0, 0.05) is 17.4 Å². The molecule has 10 heteroatoms. The van der Waals surface area contributed by atoms with Gasteiger partial charge >= 0.3 is 0 Å². The second-order valence-corrected chi connectivity index (χ2v) is 0. The van der Waals surface area contributed by atoms with Gasteiger partial charge in [0.2, 0.25) is 0 Å². The maximum Gasteiger partial charge on any atom is 0 e. The Bertz CT molecular complexity index is 13.0. The van der Waals surface area contributed by atoms with Crippen molar-refractivity contribution in [2.45, 2.75) is 0 Å². The summed E-state index contributed by atoms with van der Waals surface area (Å²) in [6, 6.07) is 0. The molecule has 0 saturated heterocycles. The summed E-state index contributed by atoms with van der Waals surface area (Å²) in [4.78, 5) is 0. The number of rotatable bonds is 0. The molecule has 0 aliphatic carbocycles. The van der Waals surface area contributed by atoms with Crippen LogP contribution in [0.2, 0.25) is 0 Å². The SMILES string of the molecule is O.O.O.O.O.O.[Br-].[Br-].[Br-].[Cr]. The first-order valence-corrected chi connectivity index (χ1v) is 0. The van der Waals surface area contributed by atoms with E-state index in [0.29, 0.717) is 0 Å². The zero-order valence-corrected chi connectivity index (χ0v) is 10.6. The molecule has 0 aromatic carbocycles. The van der Waals surface area contributed by atoms with E-state index in [1.807, 2.05) is 0 Å². The average Bonchev–Trinajstić information content (AvgIpc) is 0. The van der Waals surface area contributed by atoms with E-state index < -0.39 is 0 Å². The molecule has 0 aliphatic rings. The summed E-state index contributed by atoms with van der Waals surface area (Å²) in [6.07, 6.45) is 0. The summed E-state index contributed by atoms with van der Waals surface area (Å²) < 4.78 is 0. The van der Waals surface area contributed by atoms with E-state index >= 15 is 0 Å². The summed E-state index contributed by atoms with van der Waals surface area (Å²) in [5, 5.41) is 0. The van der Waals surface area contributed by atoms with Crippen molar-refractivity contribution in [3.8, 4) is 0 Å². The van der Waals surface area contributed by atoms with Crippen LogP contribution in [-0.2, 0) is 17.4 Å². The Morgan fingerprint density at radius 3 is 0.300 bits per heavy atom. The molecule has 78 valence electrons. The van der Waals surface area contributed by atoms with Crippen molar-refractivity contribution in [3.63, 3.8) is 0 Å². The minimum Gasteiger partial charge on any atom is -1.00 e. The molecule has 0 unspecified atom stereocenters. The molecular weight excluding hydrogens is 388 g/mol. The molecule has 12 N–H and O–H groups in total. The van der Waals surface area contributed by atoms with Crippen LogP contribution in [0, 0.1) is 0 Å². The van der Waals surface area contributed by atoms with Crippen molar-refractivity contribution in [1.82, 2.24) is 0 Å². The third-order valence-electron chi connectivity index (χ3n) is 0. The Morgan fingerprint density at radius 2 is 0.300 bits per heavy atom. The number of halogens is 3. The maximum absolute atomic E-state index is 0. The van der Waals surface area contributed by atoms with Crippen molar-refractivity contribution in [1.29, 1.82) is 0 Å². The van der Waals surface area contributed by atoms with Gasteiger partial charge in [-0.1, -0.05) is 0 Å². The van der Waals surface area contributed by atoms with Gasteiger partial charge in [-0.3, -0.25) is 0 Å². The molecular formula is H12Br3CrO6-3. The quantitative estimate of drug-likeness (QED) is 0.374. The van der Waals surface area contributed by atoms with Crippen LogP contribution in [0.5, 0.6) is 0 Å². The van der Waals surface area contributed by atoms with Gasteiger partial charge in [-0.05, 0) is 0 Å². The zero-order valence-electron chi connectivity index (χ0n) is 4.54. The van der Waals surface area contributed by atoms with E-state index in [1.54, 1.807) is 0 Å². The van der Waals surface area contributed by atoms with Gasteiger partial charge in [-0.25, -0.2) is 0 Å². The van der Waals surface area contributed by atoms with E-state index in [-0.39, 0.29) is 101 Å². The van der Waals surface area contributed by atoms with Gasteiger partial charge in [0.25, 0.3) is 0 Å². The Hall–Kier alpha value is 1.73. The molecule has 0 radical (unpaired) electrons. The minimum absolute atomic E-state index is 0. The Kier molecular flexibility index (Phi) is 15300. The van der Waals surface area contributed by atoms with Crippen molar-refractivity contribution in [2.75, 3.05) is 0 Å². The first-order chi connectivity index (χ1) is 0. The monoisotopic (exact) mass is 397 g/mol. The van der Waals surface area contributed by atoms with Crippen LogP contribution in [0.3, 0.4) is 0 Å². The smallest absolute Gasteiger partial charge is 0 e. The zero-order chi connectivity index (χ0) is 0. The van der Waals surface area contributed by atoms with E-state index in [0.717, 1.165) is 0 Å². The van der Waals surface area contributed by atoms with Gasteiger partial charge in [-0.15, -0.1) is 0 Å². The van der Waals surface area contributed by atoms with Crippen LogP contribution in [0.15, 0.2) is 0 Å². The van der Waals surface area contributed by atoms with E-state index in [9.17, 15) is 0 Å². The largest absolute Gasteiger partial charge is 1.00 e. The second-order valence-electron chi connectivity index (χ2n) is 0. The van der Waals surface area contributed by atoms with Gasteiger partial charge in [0.15, 0.2) is 0 Å². The third kappa shape index (κ3) is 247. The van der Waals surface area contributed by atoms with E-state index in [1.165, 1.54) is 0 Å². The molecule has 0 amide bonds. The third-order valence-corrected chi connectivity index (χ3v) is 0. The molecule has 0 atom stereocenters. The molecule has 6 nitrogen and oxygen atoms in total. The average molecular weight is 400 g/mol. The van der Waals surface area contributed by atoms with Crippen molar-refractivity contribution < 1.29 is 101 Å². The topological polar surface area (TPSA) is 189 Å².